The normalized spacial score (nSPS) is 18.1. The van der Waals surface area contributed by atoms with Gasteiger partial charge in [-0.05, 0) is 43.5 Å². The van der Waals surface area contributed by atoms with E-state index in [-0.39, 0.29) is 12.5 Å². The van der Waals surface area contributed by atoms with Crippen molar-refractivity contribution in [3.63, 3.8) is 0 Å². The molecule has 4 nitrogen and oxygen atoms in total. The number of nitrogens with two attached hydrogens (primary N) is 1. The summed E-state index contributed by atoms with van der Waals surface area (Å²) in [4.78, 5) is 14.4. The molecule has 2 N–H and O–H groups in total. The number of benzene rings is 1. The van der Waals surface area contributed by atoms with Crippen molar-refractivity contribution in [2.24, 2.45) is 5.73 Å². The lowest BCUT2D eigenvalue weighted by Crippen LogP contribution is -2.38. The van der Waals surface area contributed by atoms with Crippen LogP contribution in [0.15, 0.2) is 24.3 Å². The zero-order chi connectivity index (χ0) is 14.5. The van der Waals surface area contributed by atoms with Gasteiger partial charge in [0.1, 0.15) is 10.7 Å². The summed E-state index contributed by atoms with van der Waals surface area (Å²) in [6.07, 6.45) is 3.20. The Bertz CT molecular complexity index is 487. The van der Waals surface area contributed by atoms with E-state index in [9.17, 15) is 4.79 Å². The zero-order valence-corrected chi connectivity index (χ0v) is 12.5. The minimum Gasteiger partial charge on any atom is -0.484 e. The fourth-order valence-corrected chi connectivity index (χ4v) is 2.67. The molecule has 0 spiro atoms. The van der Waals surface area contributed by atoms with E-state index in [4.69, 9.17) is 22.7 Å². The van der Waals surface area contributed by atoms with Gasteiger partial charge in [0.2, 0.25) is 0 Å². The molecule has 20 heavy (non-hydrogen) atoms. The Balaban J connectivity index is 1.88. The number of amides is 1. The summed E-state index contributed by atoms with van der Waals surface area (Å²) in [7, 11) is 0. The molecule has 1 saturated heterocycles. The van der Waals surface area contributed by atoms with E-state index in [0.29, 0.717) is 16.8 Å². The molecule has 0 saturated carbocycles. The standard InChI is InChI=1S/C15H20N2O2S/c1-2-12-4-3-9-17(12)14(18)10-19-13-7-5-11(6-8-13)15(16)20/h5-8,12H,2-4,9-10H2,1H3,(H2,16,20). The SMILES string of the molecule is CCC1CCCN1C(=O)COc1ccc(C(N)=S)cc1. The highest BCUT2D eigenvalue weighted by Gasteiger charge is 2.27. The number of hydrogen-bond donors (Lipinski definition) is 1. The third-order valence-electron chi connectivity index (χ3n) is 3.67. The monoisotopic (exact) mass is 292 g/mol. The Morgan fingerprint density at radius 2 is 2.15 bits per heavy atom. The number of ether oxygens (including phenoxy) is 1. The predicted octanol–water partition coefficient (Wildman–Crippen LogP) is 2.10. The summed E-state index contributed by atoms with van der Waals surface area (Å²) >= 11 is 4.89. The number of carbonyl (C=O) groups excluding carboxylic acids is 1. The topological polar surface area (TPSA) is 55.6 Å². The van der Waals surface area contributed by atoms with E-state index in [1.54, 1.807) is 24.3 Å². The van der Waals surface area contributed by atoms with Gasteiger partial charge in [0.15, 0.2) is 6.61 Å². The molecule has 1 aromatic carbocycles. The number of nitrogens with zero attached hydrogens (tertiary/aromatic N) is 1. The molecule has 1 amide bonds. The molecule has 108 valence electrons. The van der Waals surface area contributed by atoms with Crippen LogP contribution in [0.1, 0.15) is 31.7 Å². The highest BCUT2D eigenvalue weighted by molar-refractivity contribution is 7.80. The third-order valence-corrected chi connectivity index (χ3v) is 3.91. The van der Waals surface area contributed by atoms with Crippen molar-refractivity contribution in [3.8, 4) is 5.75 Å². The minimum absolute atomic E-state index is 0.0628. The molecule has 1 aliphatic heterocycles. The summed E-state index contributed by atoms with van der Waals surface area (Å²) in [6.45, 7) is 3.05. The van der Waals surface area contributed by atoms with E-state index in [1.807, 2.05) is 4.90 Å². The van der Waals surface area contributed by atoms with Crippen LogP contribution in [0.25, 0.3) is 0 Å². The molecular weight excluding hydrogens is 272 g/mol. The first kappa shape index (κ1) is 14.8. The van der Waals surface area contributed by atoms with Gasteiger partial charge in [-0.15, -0.1) is 0 Å². The smallest absolute Gasteiger partial charge is 0.260 e. The fraction of sp³-hybridized carbons (Fsp3) is 0.467. The average Bonchev–Trinajstić information content (AvgIpc) is 2.93. The summed E-state index contributed by atoms with van der Waals surface area (Å²) in [5.74, 6) is 0.721. The molecule has 1 atom stereocenters. The van der Waals surface area contributed by atoms with Crippen molar-refractivity contribution >= 4 is 23.1 Å². The molecule has 0 bridgehead atoms. The maximum atomic E-state index is 12.1. The molecule has 0 aromatic heterocycles. The molecule has 1 aromatic rings. The summed E-state index contributed by atoms with van der Waals surface area (Å²) in [5, 5.41) is 0. The van der Waals surface area contributed by atoms with Gasteiger partial charge in [0.05, 0.1) is 0 Å². The van der Waals surface area contributed by atoms with E-state index >= 15 is 0 Å². The van der Waals surface area contributed by atoms with Crippen molar-refractivity contribution in [1.29, 1.82) is 0 Å². The molecule has 1 aliphatic rings. The Morgan fingerprint density at radius 1 is 1.45 bits per heavy atom. The van der Waals surface area contributed by atoms with E-state index < -0.39 is 0 Å². The van der Waals surface area contributed by atoms with Crippen LogP contribution in [0.5, 0.6) is 5.75 Å². The largest absolute Gasteiger partial charge is 0.484 e. The number of likely N-dealkylation sites (tertiary alicyclic amines) is 1. The lowest BCUT2D eigenvalue weighted by molar-refractivity contribution is -0.134. The van der Waals surface area contributed by atoms with Crippen molar-refractivity contribution in [2.75, 3.05) is 13.2 Å². The summed E-state index contributed by atoms with van der Waals surface area (Å²) < 4.78 is 5.53. The Labute approximate surface area is 124 Å². The van der Waals surface area contributed by atoms with Gasteiger partial charge in [-0.25, -0.2) is 0 Å². The van der Waals surface area contributed by atoms with Crippen molar-refractivity contribution < 1.29 is 9.53 Å². The second kappa shape index (κ2) is 6.70. The van der Waals surface area contributed by atoms with Crippen LogP contribution in [0.4, 0.5) is 0 Å². The van der Waals surface area contributed by atoms with E-state index in [2.05, 4.69) is 6.92 Å². The summed E-state index contributed by atoms with van der Waals surface area (Å²) in [6, 6.07) is 7.54. The average molecular weight is 292 g/mol. The van der Waals surface area contributed by atoms with E-state index in [0.717, 1.165) is 31.4 Å². The van der Waals surface area contributed by atoms with Crippen LogP contribution < -0.4 is 10.5 Å². The van der Waals surface area contributed by atoms with Gasteiger partial charge in [-0.2, -0.15) is 0 Å². The number of carbonyl (C=O) groups is 1. The van der Waals surface area contributed by atoms with E-state index in [1.165, 1.54) is 0 Å². The third kappa shape index (κ3) is 3.48. The molecule has 0 aliphatic carbocycles. The Kier molecular flexibility index (Phi) is 4.95. The molecule has 1 unspecified atom stereocenters. The van der Waals surface area contributed by atoms with Crippen molar-refractivity contribution in [1.82, 2.24) is 4.90 Å². The lowest BCUT2D eigenvalue weighted by Gasteiger charge is -2.23. The molecular formula is C15H20N2O2S. The van der Waals surface area contributed by atoms with Crippen LogP contribution >= 0.6 is 12.2 Å². The zero-order valence-electron chi connectivity index (χ0n) is 11.7. The van der Waals surface area contributed by atoms with Gasteiger partial charge >= 0.3 is 0 Å². The predicted molar refractivity (Wildman–Crippen MR) is 82.9 cm³/mol. The van der Waals surface area contributed by atoms with Gasteiger partial charge in [-0.3, -0.25) is 4.79 Å². The maximum Gasteiger partial charge on any atom is 0.260 e. The van der Waals surface area contributed by atoms with Gasteiger partial charge in [-0.1, -0.05) is 19.1 Å². The van der Waals surface area contributed by atoms with Crippen LogP contribution in [-0.4, -0.2) is 35.0 Å². The Hall–Kier alpha value is -1.62. The number of rotatable bonds is 5. The second-order valence-electron chi connectivity index (χ2n) is 4.97. The molecule has 2 rings (SSSR count). The van der Waals surface area contributed by atoms with Gasteiger partial charge < -0.3 is 15.4 Å². The fourth-order valence-electron chi connectivity index (χ4n) is 2.53. The van der Waals surface area contributed by atoms with Crippen molar-refractivity contribution in [2.45, 2.75) is 32.2 Å². The minimum atomic E-state index is 0.0628. The first-order valence-electron chi connectivity index (χ1n) is 6.94. The van der Waals surface area contributed by atoms with Crippen LogP contribution in [0.2, 0.25) is 0 Å². The molecule has 0 radical (unpaired) electrons. The van der Waals surface area contributed by atoms with Crippen LogP contribution in [0, 0.1) is 0 Å². The Morgan fingerprint density at radius 3 is 2.75 bits per heavy atom. The molecule has 1 fully saturated rings. The second-order valence-corrected chi connectivity index (χ2v) is 5.41. The molecule has 5 heteroatoms. The quantitative estimate of drug-likeness (QED) is 0.844. The van der Waals surface area contributed by atoms with Crippen molar-refractivity contribution in [3.05, 3.63) is 29.8 Å². The first-order valence-corrected chi connectivity index (χ1v) is 7.34. The first-order chi connectivity index (χ1) is 9.61. The van der Waals surface area contributed by atoms with Gasteiger partial charge in [0.25, 0.3) is 5.91 Å². The highest BCUT2D eigenvalue weighted by Crippen LogP contribution is 2.20. The van der Waals surface area contributed by atoms with Gasteiger partial charge in [0, 0.05) is 18.2 Å². The number of thiocarbonyl (C=S) groups is 1. The molecule has 1 heterocycles. The number of hydrogen-bond acceptors (Lipinski definition) is 3. The van der Waals surface area contributed by atoms with Crippen LogP contribution in [-0.2, 0) is 4.79 Å². The maximum absolute atomic E-state index is 12.1. The lowest BCUT2D eigenvalue weighted by atomic mass is 10.2. The summed E-state index contributed by atoms with van der Waals surface area (Å²) in [5.41, 5.74) is 6.32. The highest BCUT2D eigenvalue weighted by atomic mass is 32.1. The van der Waals surface area contributed by atoms with Crippen LogP contribution in [0.3, 0.4) is 0 Å².